The molecule has 12 heavy (non-hydrogen) atoms. The monoisotopic (exact) mass is 168 g/mol. The highest BCUT2D eigenvalue weighted by atomic mass is 15.1. The van der Waals surface area contributed by atoms with Gasteiger partial charge in [0, 0.05) is 19.2 Å². The molecule has 2 nitrogen and oxygen atoms in total. The van der Waals surface area contributed by atoms with Crippen LogP contribution in [-0.2, 0) is 13.5 Å². The number of aromatic nitrogens is 2. The molecule has 0 unspecified atom stereocenters. The zero-order valence-corrected chi connectivity index (χ0v) is 9.10. The summed E-state index contributed by atoms with van der Waals surface area (Å²) < 4.78 is 2.15. The predicted octanol–water partition coefficient (Wildman–Crippen LogP) is 2.63. The molecule has 0 aromatic carbocycles. The van der Waals surface area contributed by atoms with Crippen LogP contribution in [0.1, 0.15) is 38.0 Å². The fourth-order valence-electron chi connectivity index (χ4n) is 1.10. The van der Waals surface area contributed by atoms with Crippen LogP contribution in [0.25, 0.3) is 0 Å². The molecular weight excluding hydrogens is 148 g/mol. The number of imidazole rings is 1. The van der Waals surface area contributed by atoms with Gasteiger partial charge in [-0.3, -0.25) is 0 Å². The predicted molar refractivity (Wildman–Crippen MR) is 53.4 cm³/mol. The van der Waals surface area contributed by atoms with Crippen LogP contribution >= 0.6 is 0 Å². The molecule has 0 bridgehead atoms. The van der Waals surface area contributed by atoms with Crippen LogP contribution in [-0.4, -0.2) is 9.55 Å². The molecule has 0 aliphatic heterocycles. The minimum Gasteiger partial charge on any atom is -0.335 e. The molecular formula is C10H20N2. The highest BCUT2D eigenvalue weighted by Crippen LogP contribution is 2.07. The van der Waals surface area contributed by atoms with Crippen molar-refractivity contribution in [2.24, 2.45) is 7.05 Å². The van der Waals surface area contributed by atoms with Crippen LogP contribution in [0.15, 0.2) is 0 Å². The molecule has 0 aliphatic rings. The molecule has 0 radical (unpaired) electrons. The minimum absolute atomic E-state index is 1.02. The Bertz CT molecular complexity index is 236. The van der Waals surface area contributed by atoms with Gasteiger partial charge in [-0.15, -0.1) is 0 Å². The third-order valence-electron chi connectivity index (χ3n) is 2.03. The third kappa shape index (κ3) is 2.10. The van der Waals surface area contributed by atoms with E-state index in [0.29, 0.717) is 0 Å². The van der Waals surface area contributed by atoms with Crippen molar-refractivity contribution >= 4 is 0 Å². The summed E-state index contributed by atoms with van der Waals surface area (Å²) in [4.78, 5) is 4.39. The molecule has 70 valence electrons. The first-order valence-electron chi connectivity index (χ1n) is 4.65. The Morgan fingerprint density at radius 1 is 1.25 bits per heavy atom. The van der Waals surface area contributed by atoms with E-state index in [-0.39, 0.29) is 0 Å². The van der Waals surface area contributed by atoms with Crippen molar-refractivity contribution in [2.45, 2.75) is 41.0 Å². The second-order valence-electron chi connectivity index (χ2n) is 2.61. The molecule has 0 amide bonds. The highest BCUT2D eigenvalue weighted by molar-refractivity contribution is 5.13. The minimum atomic E-state index is 1.02. The SMILES string of the molecule is CC.CCc1nc(C)c(C)n1C. The first-order valence-corrected chi connectivity index (χ1v) is 4.65. The van der Waals surface area contributed by atoms with Crippen molar-refractivity contribution in [1.82, 2.24) is 9.55 Å². The molecule has 1 heterocycles. The molecule has 0 aliphatic carbocycles. The maximum absolute atomic E-state index is 4.39. The van der Waals surface area contributed by atoms with E-state index in [9.17, 15) is 0 Å². The Labute approximate surface area is 75.6 Å². The molecule has 0 saturated heterocycles. The van der Waals surface area contributed by atoms with Gasteiger partial charge in [0.15, 0.2) is 0 Å². The largest absolute Gasteiger partial charge is 0.335 e. The van der Waals surface area contributed by atoms with Crippen molar-refractivity contribution in [3.8, 4) is 0 Å². The Balaban J connectivity index is 0.000000561. The van der Waals surface area contributed by atoms with Crippen molar-refractivity contribution in [2.75, 3.05) is 0 Å². The van der Waals surface area contributed by atoms with E-state index in [0.717, 1.165) is 12.1 Å². The van der Waals surface area contributed by atoms with Gasteiger partial charge in [0.05, 0.1) is 5.69 Å². The lowest BCUT2D eigenvalue weighted by molar-refractivity contribution is 0.785. The fourth-order valence-corrected chi connectivity index (χ4v) is 1.10. The summed E-state index contributed by atoms with van der Waals surface area (Å²) in [5.74, 6) is 1.18. The van der Waals surface area contributed by atoms with E-state index in [1.807, 2.05) is 13.8 Å². The van der Waals surface area contributed by atoms with Crippen LogP contribution in [0.3, 0.4) is 0 Å². The van der Waals surface area contributed by atoms with Crippen molar-refractivity contribution in [3.05, 3.63) is 17.2 Å². The van der Waals surface area contributed by atoms with Gasteiger partial charge in [-0.1, -0.05) is 20.8 Å². The summed E-state index contributed by atoms with van der Waals surface area (Å²) in [7, 11) is 2.06. The number of rotatable bonds is 1. The van der Waals surface area contributed by atoms with E-state index < -0.39 is 0 Å². The maximum Gasteiger partial charge on any atom is 0.108 e. The zero-order valence-electron chi connectivity index (χ0n) is 9.10. The van der Waals surface area contributed by atoms with Gasteiger partial charge in [0.25, 0.3) is 0 Å². The first kappa shape index (κ1) is 11.2. The van der Waals surface area contributed by atoms with E-state index in [1.54, 1.807) is 0 Å². The van der Waals surface area contributed by atoms with Crippen molar-refractivity contribution < 1.29 is 0 Å². The van der Waals surface area contributed by atoms with Gasteiger partial charge in [-0.2, -0.15) is 0 Å². The normalized spacial score (nSPS) is 9.17. The smallest absolute Gasteiger partial charge is 0.108 e. The third-order valence-corrected chi connectivity index (χ3v) is 2.03. The average Bonchev–Trinajstić information content (AvgIpc) is 2.36. The fraction of sp³-hybridized carbons (Fsp3) is 0.700. The summed E-state index contributed by atoms with van der Waals surface area (Å²) in [6.45, 7) is 10.3. The number of nitrogens with zero attached hydrogens (tertiary/aromatic N) is 2. The van der Waals surface area contributed by atoms with E-state index in [2.05, 4.69) is 37.4 Å². The van der Waals surface area contributed by atoms with E-state index >= 15 is 0 Å². The molecule has 0 atom stereocenters. The Kier molecular flexibility index (Phi) is 4.64. The van der Waals surface area contributed by atoms with Gasteiger partial charge < -0.3 is 4.57 Å². The number of hydrogen-bond acceptors (Lipinski definition) is 1. The second-order valence-corrected chi connectivity index (χ2v) is 2.61. The lowest BCUT2D eigenvalue weighted by Gasteiger charge is -1.97. The van der Waals surface area contributed by atoms with Crippen LogP contribution in [0.2, 0.25) is 0 Å². The molecule has 1 rings (SSSR count). The molecule has 2 heteroatoms. The van der Waals surface area contributed by atoms with Crippen LogP contribution in [0.4, 0.5) is 0 Å². The highest BCUT2D eigenvalue weighted by Gasteiger charge is 2.03. The summed E-state index contributed by atoms with van der Waals surface area (Å²) in [6, 6.07) is 0. The summed E-state index contributed by atoms with van der Waals surface area (Å²) in [5.41, 5.74) is 2.43. The lowest BCUT2D eigenvalue weighted by Crippen LogP contribution is -1.96. The van der Waals surface area contributed by atoms with Gasteiger partial charge in [0.2, 0.25) is 0 Å². The topological polar surface area (TPSA) is 17.8 Å². The Hall–Kier alpha value is -0.790. The summed E-state index contributed by atoms with van der Waals surface area (Å²) >= 11 is 0. The van der Waals surface area contributed by atoms with Gasteiger partial charge in [0.1, 0.15) is 5.82 Å². The molecule has 1 aromatic heterocycles. The summed E-state index contributed by atoms with van der Waals surface area (Å²) in [6.07, 6.45) is 1.02. The van der Waals surface area contributed by atoms with Gasteiger partial charge in [-0.05, 0) is 13.8 Å². The quantitative estimate of drug-likeness (QED) is 0.630. The molecule has 1 aromatic rings. The molecule has 0 spiro atoms. The standard InChI is InChI=1S/C8H14N2.C2H6/c1-5-8-9-6(2)7(3)10(8)4;1-2/h5H2,1-4H3;1-2H3. The number of hydrogen-bond donors (Lipinski definition) is 0. The summed E-state index contributed by atoms with van der Waals surface area (Å²) in [5, 5.41) is 0. The first-order chi connectivity index (χ1) is 5.66. The second kappa shape index (κ2) is 4.96. The van der Waals surface area contributed by atoms with Gasteiger partial charge in [-0.25, -0.2) is 4.98 Å². The van der Waals surface area contributed by atoms with Gasteiger partial charge >= 0.3 is 0 Å². The van der Waals surface area contributed by atoms with E-state index in [4.69, 9.17) is 0 Å². The number of aryl methyl sites for hydroxylation is 2. The average molecular weight is 168 g/mol. The molecule has 0 saturated carbocycles. The molecule has 0 fully saturated rings. The Morgan fingerprint density at radius 2 is 1.75 bits per heavy atom. The lowest BCUT2D eigenvalue weighted by atomic mass is 10.4. The Morgan fingerprint density at radius 3 is 1.92 bits per heavy atom. The van der Waals surface area contributed by atoms with Crippen LogP contribution in [0, 0.1) is 13.8 Å². The van der Waals surface area contributed by atoms with Crippen molar-refractivity contribution in [3.63, 3.8) is 0 Å². The molecule has 0 N–H and O–H groups in total. The zero-order chi connectivity index (χ0) is 9.72. The maximum atomic E-state index is 4.39. The van der Waals surface area contributed by atoms with Crippen LogP contribution in [0.5, 0.6) is 0 Å². The van der Waals surface area contributed by atoms with E-state index in [1.165, 1.54) is 11.5 Å². The van der Waals surface area contributed by atoms with Crippen LogP contribution < -0.4 is 0 Å². The van der Waals surface area contributed by atoms with Crippen molar-refractivity contribution in [1.29, 1.82) is 0 Å².